The molecule has 3 heterocycles. The predicted octanol–water partition coefficient (Wildman–Crippen LogP) is 5.69. The van der Waals surface area contributed by atoms with Crippen LogP contribution < -0.4 is 0 Å². The Balaban J connectivity index is 1.30. The molecule has 0 bridgehead atoms. The summed E-state index contributed by atoms with van der Waals surface area (Å²) in [5, 5.41) is 0. The van der Waals surface area contributed by atoms with E-state index in [1.165, 1.54) is 5.56 Å². The fourth-order valence-electron chi connectivity index (χ4n) is 4.62. The molecule has 174 valence electrons. The van der Waals surface area contributed by atoms with E-state index in [9.17, 15) is 0 Å². The van der Waals surface area contributed by atoms with Crippen molar-refractivity contribution in [1.29, 1.82) is 0 Å². The molecule has 0 N–H and O–H groups in total. The third-order valence-corrected chi connectivity index (χ3v) is 6.41. The van der Waals surface area contributed by atoms with Crippen LogP contribution >= 0.6 is 0 Å². The van der Waals surface area contributed by atoms with Crippen molar-refractivity contribution < 1.29 is 0 Å². The van der Waals surface area contributed by atoms with Crippen molar-refractivity contribution in [3.63, 3.8) is 0 Å². The van der Waals surface area contributed by atoms with E-state index in [1.54, 1.807) is 18.7 Å². The molecule has 0 saturated carbocycles. The molecule has 7 rings (SSSR count). The lowest BCUT2D eigenvalue weighted by molar-refractivity contribution is 1.04. The Bertz CT molecular complexity index is 1680. The second kappa shape index (κ2) is 8.80. The van der Waals surface area contributed by atoms with E-state index >= 15 is 0 Å². The Labute approximate surface area is 213 Å². The fraction of sp³-hybridized carbons (Fsp3) is 0.0333. The van der Waals surface area contributed by atoms with Crippen molar-refractivity contribution in [2.45, 2.75) is 6.42 Å². The van der Waals surface area contributed by atoms with Gasteiger partial charge in [-0.25, -0.2) is 29.9 Å². The minimum Gasteiger partial charge on any atom is -0.251 e. The van der Waals surface area contributed by atoms with Crippen LogP contribution in [0.15, 0.2) is 104 Å². The maximum absolute atomic E-state index is 4.74. The maximum atomic E-state index is 4.74. The van der Waals surface area contributed by atoms with Crippen LogP contribution in [0.2, 0.25) is 0 Å². The first-order valence-electron chi connectivity index (χ1n) is 12.0. The van der Waals surface area contributed by atoms with Gasteiger partial charge < -0.3 is 0 Å². The molecule has 1 aliphatic rings. The largest absolute Gasteiger partial charge is 0.251 e. The van der Waals surface area contributed by atoms with Crippen LogP contribution in [0.25, 0.3) is 56.9 Å². The second-order valence-corrected chi connectivity index (χ2v) is 8.71. The molecule has 1 aliphatic carbocycles. The molecule has 0 unspecified atom stereocenters. The number of hydrogen-bond donors (Lipinski definition) is 0. The van der Waals surface area contributed by atoms with E-state index in [2.05, 4.69) is 28.2 Å². The fourth-order valence-corrected chi connectivity index (χ4v) is 4.62. The van der Waals surface area contributed by atoms with E-state index < -0.39 is 0 Å². The maximum Gasteiger partial charge on any atom is 0.184 e. The van der Waals surface area contributed by atoms with Gasteiger partial charge in [0, 0.05) is 28.7 Å². The van der Waals surface area contributed by atoms with E-state index in [0.717, 1.165) is 40.1 Å². The number of benzene rings is 3. The zero-order valence-electron chi connectivity index (χ0n) is 19.7. The van der Waals surface area contributed by atoms with Gasteiger partial charge in [0.05, 0.1) is 23.8 Å². The summed E-state index contributed by atoms with van der Waals surface area (Å²) >= 11 is 0. The zero-order valence-corrected chi connectivity index (χ0v) is 19.7. The third kappa shape index (κ3) is 3.83. The summed E-state index contributed by atoms with van der Waals surface area (Å²) in [7, 11) is 0. The van der Waals surface area contributed by atoms with Crippen LogP contribution in [0.5, 0.6) is 0 Å². The van der Waals surface area contributed by atoms with Gasteiger partial charge in [-0.05, 0) is 5.56 Å². The quantitative estimate of drug-likeness (QED) is 0.322. The molecule has 0 aliphatic heterocycles. The lowest BCUT2D eigenvalue weighted by atomic mass is 10.1. The van der Waals surface area contributed by atoms with Crippen molar-refractivity contribution in [2.24, 2.45) is 0 Å². The predicted molar refractivity (Wildman–Crippen MR) is 141 cm³/mol. The summed E-state index contributed by atoms with van der Waals surface area (Å²) in [5.74, 6) is 1.63. The topological polar surface area (TPSA) is 90.2 Å². The van der Waals surface area contributed by atoms with Crippen LogP contribution in [0, 0.1) is 0 Å². The molecule has 0 fully saturated rings. The highest BCUT2D eigenvalue weighted by Crippen LogP contribution is 2.38. The molecule has 3 aromatic heterocycles. The highest BCUT2D eigenvalue weighted by Gasteiger charge is 2.24. The monoisotopic (exact) mass is 477 g/mol. The van der Waals surface area contributed by atoms with Gasteiger partial charge in [-0.1, -0.05) is 84.9 Å². The molecule has 6 aromatic rings. The van der Waals surface area contributed by atoms with Crippen molar-refractivity contribution in [3.8, 4) is 56.9 Å². The molecule has 0 amide bonds. The van der Waals surface area contributed by atoms with Gasteiger partial charge >= 0.3 is 0 Å². The zero-order chi connectivity index (χ0) is 24.6. The Morgan fingerprint density at radius 2 is 1.05 bits per heavy atom. The second-order valence-electron chi connectivity index (χ2n) is 8.71. The molecule has 0 spiro atoms. The lowest BCUT2D eigenvalue weighted by Gasteiger charge is -2.09. The average Bonchev–Trinajstić information content (AvgIpc) is 3.37. The first kappa shape index (κ1) is 21.1. The summed E-state index contributed by atoms with van der Waals surface area (Å²) < 4.78 is 0. The van der Waals surface area contributed by atoms with Crippen molar-refractivity contribution in [2.75, 3.05) is 0 Å². The van der Waals surface area contributed by atoms with Crippen LogP contribution in [0.1, 0.15) is 11.1 Å². The Kier molecular flexibility index (Phi) is 5.03. The number of aromatic nitrogens is 7. The van der Waals surface area contributed by atoms with Gasteiger partial charge in [0.25, 0.3) is 0 Å². The van der Waals surface area contributed by atoms with Gasteiger partial charge in [-0.15, -0.1) is 0 Å². The summed E-state index contributed by atoms with van der Waals surface area (Å²) in [6.07, 6.45) is 5.80. The SMILES string of the molecule is c1ccc(-c2nc(-c3ccccc3)nc(-c3cnc(-c4ncnc5c4Cc4ccccc4-5)cn3)n2)cc1. The van der Waals surface area contributed by atoms with Crippen molar-refractivity contribution in [1.82, 2.24) is 34.9 Å². The van der Waals surface area contributed by atoms with Crippen molar-refractivity contribution >= 4 is 0 Å². The van der Waals surface area contributed by atoms with Gasteiger partial charge in [0.2, 0.25) is 0 Å². The van der Waals surface area contributed by atoms with E-state index in [-0.39, 0.29) is 0 Å². The molecule has 7 nitrogen and oxygen atoms in total. The van der Waals surface area contributed by atoms with Gasteiger partial charge in [-0.3, -0.25) is 4.98 Å². The summed E-state index contributed by atoms with van der Waals surface area (Å²) in [4.78, 5) is 32.7. The Hall–Kier alpha value is -5.17. The normalized spacial score (nSPS) is 11.7. The molecule has 7 heteroatoms. The van der Waals surface area contributed by atoms with Crippen LogP contribution in [0.3, 0.4) is 0 Å². The summed E-state index contributed by atoms with van der Waals surface area (Å²) in [5.41, 5.74) is 8.30. The third-order valence-electron chi connectivity index (χ3n) is 6.41. The molecule has 0 radical (unpaired) electrons. The first-order chi connectivity index (χ1) is 18.3. The van der Waals surface area contributed by atoms with E-state index in [0.29, 0.717) is 28.9 Å². The summed E-state index contributed by atoms with van der Waals surface area (Å²) in [6, 6.07) is 28.0. The number of fused-ring (bicyclic) bond motifs is 3. The Morgan fingerprint density at radius 1 is 0.486 bits per heavy atom. The van der Waals surface area contributed by atoms with Crippen LogP contribution in [-0.4, -0.2) is 34.9 Å². The number of hydrogen-bond acceptors (Lipinski definition) is 7. The smallest absolute Gasteiger partial charge is 0.184 e. The van der Waals surface area contributed by atoms with Gasteiger partial charge in [0.1, 0.15) is 17.7 Å². The lowest BCUT2D eigenvalue weighted by Crippen LogP contribution is -2.02. The standard InChI is InChI=1S/C30H19N7/c1-3-9-19(10-4-1)28-35-29(20-11-5-2-6-12-20)37-30(36-28)25-17-31-24(16-32-25)27-23-15-21-13-7-8-14-22(21)26(23)33-18-34-27/h1-14,16-18H,15H2. The van der Waals surface area contributed by atoms with Crippen molar-refractivity contribution in [3.05, 3.63) is 115 Å². The highest BCUT2D eigenvalue weighted by molar-refractivity contribution is 5.79. The summed E-state index contributed by atoms with van der Waals surface area (Å²) in [6.45, 7) is 0. The minimum atomic E-state index is 0.465. The van der Waals surface area contributed by atoms with Crippen LogP contribution in [0.4, 0.5) is 0 Å². The molecule has 3 aromatic carbocycles. The number of nitrogens with zero attached hydrogens (tertiary/aromatic N) is 7. The Morgan fingerprint density at radius 3 is 1.73 bits per heavy atom. The first-order valence-corrected chi connectivity index (χ1v) is 12.0. The number of rotatable bonds is 4. The highest BCUT2D eigenvalue weighted by atomic mass is 15.1. The average molecular weight is 478 g/mol. The molecular weight excluding hydrogens is 458 g/mol. The minimum absolute atomic E-state index is 0.465. The molecular formula is C30H19N7. The molecule has 0 atom stereocenters. The molecule has 37 heavy (non-hydrogen) atoms. The van der Waals surface area contributed by atoms with E-state index in [4.69, 9.17) is 24.9 Å². The van der Waals surface area contributed by atoms with E-state index in [1.807, 2.05) is 66.7 Å². The molecule has 0 saturated heterocycles. The van der Waals surface area contributed by atoms with Gasteiger partial charge in [0.15, 0.2) is 17.5 Å². The van der Waals surface area contributed by atoms with Crippen LogP contribution in [-0.2, 0) is 6.42 Å². The van der Waals surface area contributed by atoms with Gasteiger partial charge in [-0.2, -0.15) is 0 Å².